The van der Waals surface area contributed by atoms with E-state index in [1.165, 1.54) is 5.56 Å². The third-order valence-electron chi connectivity index (χ3n) is 2.72. The third-order valence-corrected chi connectivity index (χ3v) is 3.46. The highest BCUT2D eigenvalue weighted by atomic mass is 35.5. The molecule has 2 nitrogen and oxygen atoms in total. The van der Waals surface area contributed by atoms with Gasteiger partial charge in [-0.3, -0.25) is 0 Å². The van der Waals surface area contributed by atoms with Gasteiger partial charge in [0.2, 0.25) is 0 Å². The molecule has 0 aromatic heterocycles. The molecule has 0 saturated carbocycles. The van der Waals surface area contributed by atoms with Crippen LogP contribution in [-0.4, -0.2) is 13.1 Å². The predicted molar refractivity (Wildman–Crippen MR) is 83.1 cm³/mol. The van der Waals surface area contributed by atoms with Crippen molar-refractivity contribution in [1.82, 2.24) is 5.32 Å². The first-order valence-corrected chi connectivity index (χ1v) is 6.95. The van der Waals surface area contributed by atoms with Gasteiger partial charge in [0.1, 0.15) is 0 Å². The smallest absolute Gasteiger partial charge is 0.0612 e. The van der Waals surface area contributed by atoms with Gasteiger partial charge in [0.25, 0.3) is 0 Å². The average molecular weight is 295 g/mol. The summed E-state index contributed by atoms with van der Waals surface area (Å²) in [5.74, 6) is 0. The van der Waals surface area contributed by atoms with E-state index in [-0.39, 0.29) is 0 Å². The number of rotatable bonds is 6. The lowest BCUT2D eigenvalue weighted by molar-refractivity contribution is 0.707. The number of nitrogens with one attached hydrogen (secondary N) is 2. The first kappa shape index (κ1) is 14.2. The van der Waals surface area contributed by atoms with Gasteiger partial charge < -0.3 is 10.6 Å². The zero-order chi connectivity index (χ0) is 13.5. The first-order chi connectivity index (χ1) is 9.25. The number of anilines is 1. The first-order valence-electron chi connectivity index (χ1n) is 6.19. The van der Waals surface area contributed by atoms with E-state index in [1.807, 2.05) is 30.3 Å². The van der Waals surface area contributed by atoms with Gasteiger partial charge in [-0.1, -0.05) is 53.5 Å². The van der Waals surface area contributed by atoms with Crippen LogP contribution < -0.4 is 10.6 Å². The summed E-state index contributed by atoms with van der Waals surface area (Å²) >= 11 is 11.8. The molecule has 0 unspecified atom stereocenters. The summed E-state index contributed by atoms with van der Waals surface area (Å²) in [5.41, 5.74) is 2.27. The minimum absolute atomic E-state index is 0.573. The van der Waals surface area contributed by atoms with E-state index in [1.54, 1.807) is 6.07 Å². The zero-order valence-electron chi connectivity index (χ0n) is 10.5. The molecule has 2 aromatic carbocycles. The van der Waals surface area contributed by atoms with Gasteiger partial charge in [0.15, 0.2) is 0 Å². The normalized spacial score (nSPS) is 10.4. The molecular formula is C15H16Cl2N2. The van der Waals surface area contributed by atoms with Crippen LogP contribution in [0.25, 0.3) is 0 Å². The lowest BCUT2D eigenvalue weighted by Crippen LogP contribution is -2.21. The Morgan fingerprint density at radius 3 is 2.37 bits per heavy atom. The molecule has 0 spiro atoms. The summed E-state index contributed by atoms with van der Waals surface area (Å²) in [6.07, 6.45) is 0. The summed E-state index contributed by atoms with van der Waals surface area (Å²) in [4.78, 5) is 0. The van der Waals surface area contributed by atoms with Crippen molar-refractivity contribution in [3.63, 3.8) is 0 Å². The Kier molecular flexibility index (Phi) is 5.52. The molecule has 0 amide bonds. The van der Waals surface area contributed by atoms with Crippen molar-refractivity contribution in [2.75, 3.05) is 18.4 Å². The second kappa shape index (κ2) is 7.39. The topological polar surface area (TPSA) is 24.1 Å². The average Bonchev–Trinajstić information content (AvgIpc) is 2.43. The van der Waals surface area contributed by atoms with E-state index in [0.29, 0.717) is 10.0 Å². The standard InChI is InChI=1S/C15H16Cl2N2/c16-14-7-6-13(10-15(14)17)19-9-8-18-11-12-4-2-1-3-5-12/h1-7,10,18-19H,8-9,11H2. The van der Waals surface area contributed by atoms with E-state index in [4.69, 9.17) is 23.2 Å². The molecular weight excluding hydrogens is 279 g/mol. The quantitative estimate of drug-likeness (QED) is 0.781. The molecule has 0 saturated heterocycles. The van der Waals surface area contributed by atoms with Crippen molar-refractivity contribution < 1.29 is 0 Å². The van der Waals surface area contributed by atoms with Crippen LogP contribution in [0.4, 0.5) is 5.69 Å². The molecule has 0 atom stereocenters. The molecule has 0 radical (unpaired) electrons. The zero-order valence-corrected chi connectivity index (χ0v) is 12.0. The molecule has 4 heteroatoms. The molecule has 0 bridgehead atoms. The number of halogens is 2. The molecule has 100 valence electrons. The lowest BCUT2D eigenvalue weighted by Gasteiger charge is -2.08. The van der Waals surface area contributed by atoms with Crippen LogP contribution in [0.2, 0.25) is 10.0 Å². The van der Waals surface area contributed by atoms with Crippen molar-refractivity contribution in [3.05, 3.63) is 64.1 Å². The van der Waals surface area contributed by atoms with E-state index in [0.717, 1.165) is 25.3 Å². The van der Waals surface area contributed by atoms with Gasteiger partial charge in [0, 0.05) is 25.3 Å². The maximum absolute atomic E-state index is 5.95. The summed E-state index contributed by atoms with van der Waals surface area (Å²) < 4.78 is 0. The molecule has 0 aliphatic heterocycles. The fraction of sp³-hybridized carbons (Fsp3) is 0.200. The van der Waals surface area contributed by atoms with Crippen LogP contribution in [0.1, 0.15) is 5.56 Å². The number of hydrogen-bond acceptors (Lipinski definition) is 2. The SMILES string of the molecule is Clc1ccc(NCCNCc2ccccc2)cc1Cl. The summed E-state index contributed by atoms with van der Waals surface area (Å²) in [6.45, 7) is 2.60. The minimum Gasteiger partial charge on any atom is -0.384 e. The van der Waals surface area contributed by atoms with Crippen LogP contribution in [0.15, 0.2) is 48.5 Å². The monoisotopic (exact) mass is 294 g/mol. The van der Waals surface area contributed by atoms with Crippen LogP contribution in [0.5, 0.6) is 0 Å². The molecule has 19 heavy (non-hydrogen) atoms. The van der Waals surface area contributed by atoms with Crippen LogP contribution in [0, 0.1) is 0 Å². The summed E-state index contributed by atoms with van der Waals surface area (Å²) in [7, 11) is 0. The van der Waals surface area contributed by atoms with Crippen LogP contribution in [-0.2, 0) is 6.54 Å². The molecule has 0 aliphatic carbocycles. The van der Waals surface area contributed by atoms with Gasteiger partial charge >= 0.3 is 0 Å². The van der Waals surface area contributed by atoms with Crippen molar-refractivity contribution >= 4 is 28.9 Å². The number of benzene rings is 2. The molecule has 0 fully saturated rings. The largest absolute Gasteiger partial charge is 0.384 e. The second-order valence-electron chi connectivity index (χ2n) is 4.22. The van der Waals surface area contributed by atoms with Crippen molar-refractivity contribution in [2.45, 2.75) is 6.54 Å². The van der Waals surface area contributed by atoms with Crippen LogP contribution in [0.3, 0.4) is 0 Å². The Labute approximate surface area is 123 Å². The summed E-state index contributed by atoms with van der Waals surface area (Å²) in [6, 6.07) is 15.9. The van der Waals surface area contributed by atoms with Crippen molar-refractivity contribution in [2.24, 2.45) is 0 Å². The minimum atomic E-state index is 0.573. The molecule has 2 aromatic rings. The van der Waals surface area contributed by atoms with E-state index in [9.17, 15) is 0 Å². The van der Waals surface area contributed by atoms with Gasteiger partial charge in [0.05, 0.1) is 10.0 Å². The van der Waals surface area contributed by atoms with E-state index in [2.05, 4.69) is 22.8 Å². The highest BCUT2D eigenvalue weighted by Crippen LogP contribution is 2.24. The maximum Gasteiger partial charge on any atom is 0.0612 e. The van der Waals surface area contributed by atoms with Crippen molar-refractivity contribution in [3.8, 4) is 0 Å². The molecule has 2 rings (SSSR count). The fourth-order valence-electron chi connectivity index (χ4n) is 1.73. The Bertz CT molecular complexity index is 515. The Hall–Kier alpha value is -1.22. The van der Waals surface area contributed by atoms with Gasteiger partial charge in [-0.25, -0.2) is 0 Å². The number of hydrogen-bond donors (Lipinski definition) is 2. The third kappa shape index (κ3) is 4.75. The van der Waals surface area contributed by atoms with Gasteiger partial charge in [-0.05, 0) is 23.8 Å². The Balaban J connectivity index is 1.68. The van der Waals surface area contributed by atoms with Gasteiger partial charge in [-0.15, -0.1) is 0 Å². The Morgan fingerprint density at radius 2 is 1.63 bits per heavy atom. The van der Waals surface area contributed by atoms with Crippen molar-refractivity contribution in [1.29, 1.82) is 0 Å². The molecule has 2 N–H and O–H groups in total. The molecule has 0 aliphatic rings. The second-order valence-corrected chi connectivity index (χ2v) is 5.03. The van der Waals surface area contributed by atoms with E-state index >= 15 is 0 Å². The fourth-order valence-corrected chi connectivity index (χ4v) is 2.03. The molecule has 0 heterocycles. The van der Waals surface area contributed by atoms with E-state index < -0.39 is 0 Å². The highest BCUT2D eigenvalue weighted by molar-refractivity contribution is 6.42. The van der Waals surface area contributed by atoms with Gasteiger partial charge in [-0.2, -0.15) is 0 Å². The Morgan fingerprint density at radius 1 is 0.842 bits per heavy atom. The summed E-state index contributed by atoms with van der Waals surface area (Å²) in [5, 5.41) is 7.82. The van der Waals surface area contributed by atoms with Crippen LogP contribution >= 0.6 is 23.2 Å². The highest BCUT2D eigenvalue weighted by Gasteiger charge is 1.98. The lowest BCUT2D eigenvalue weighted by atomic mass is 10.2. The predicted octanol–water partition coefficient (Wildman–Crippen LogP) is 4.20. The maximum atomic E-state index is 5.95.